The maximum Gasteiger partial charge on any atom is 0.235 e. The minimum absolute atomic E-state index is 0.682. The van der Waals surface area contributed by atoms with E-state index in [0.29, 0.717) is 5.95 Å². The van der Waals surface area contributed by atoms with Crippen LogP contribution >= 0.6 is 11.3 Å². The summed E-state index contributed by atoms with van der Waals surface area (Å²) >= 11 is 1.79. The molecule has 0 aliphatic heterocycles. The van der Waals surface area contributed by atoms with E-state index in [1.807, 2.05) is 0 Å². The lowest BCUT2D eigenvalue weighted by molar-refractivity contribution is 1.02. The Morgan fingerprint density at radius 1 is 0.435 bits per heavy atom. The van der Waals surface area contributed by atoms with Crippen molar-refractivity contribution < 1.29 is 0 Å². The van der Waals surface area contributed by atoms with Crippen LogP contribution < -0.4 is 0 Å². The van der Waals surface area contributed by atoms with Gasteiger partial charge in [0.05, 0.1) is 26.9 Å². The third kappa shape index (κ3) is 3.71. The third-order valence-electron chi connectivity index (χ3n) is 9.20. The van der Waals surface area contributed by atoms with Gasteiger partial charge in [0.25, 0.3) is 0 Å². The van der Waals surface area contributed by atoms with E-state index in [1.54, 1.807) is 11.3 Å². The second-order valence-corrected chi connectivity index (χ2v) is 12.8. The van der Waals surface area contributed by atoms with Gasteiger partial charge in [-0.3, -0.25) is 4.57 Å². The van der Waals surface area contributed by atoms with Crippen molar-refractivity contribution in [2.75, 3.05) is 0 Å². The first-order valence-corrected chi connectivity index (χ1v) is 16.3. The monoisotopic (exact) mass is 603 g/mol. The molecular weight excluding hydrogens is 579 g/mol. The van der Waals surface area contributed by atoms with Gasteiger partial charge in [0.1, 0.15) is 0 Å². The van der Waals surface area contributed by atoms with Crippen molar-refractivity contribution >= 4 is 75.0 Å². The minimum atomic E-state index is 0.682. The Hall–Kier alpha value is -5.84. The lowest BCUT2D eigenvalue weighted by Gasteiger charge is -2.10. The molecule has 0 unspecified atom stereocenters. The largest absolute Gasteiger partial charge is 0.278 e. The Labute approximate surface area is 268 Å². The first-order chi connectivity index (χ1) is 22.8. The molecule has 3 nitrogen and oxygen atoms in total. The second-order valence-electron chi connectivity index (χ2n) is 11.8. The molecule has 3 aromatic heterocycles. The van der Waals surface area contributed by atoms with Gasteiger partial charge >= 0.3 is 0 Å². The van der Waals surface area contributed by atoms with Crippen LogP contribution in [0.15, 0.2) is 152 Å². The number of nitrogens with zero attached hydrogens (tertiary/aromatic N) is 3. The quantitative estimate of drug-likeness (QED) is 0.201. The van der Waals surface area contributed by atoms with Gasteiger partial charge in [-0.05, 0) is 50.9 Å². The molecule has 0 saturated heterocycles. The van der Waals surface area contributed by atoms with Crippen LogP contribution in [0.25, 0.3) is 92.0 Å². The molecule has 0 fully saturated rings. The fraction of sp³-hybridized carbons (Fsp3) is 0. The number of benzene rings is 7. The van der Waals surface area contributed by atoms with Crippen LogP contribution in [0.4, 0.5) is 0 Å². The van der Waals surface area contributed by atoms with Crippen LogP contribution in [-0.4, -0.2) is 14.5 Å². The number of hydrogen-bond donors (Lipinski definition) is 0. The molecular formula is C42H25N3S. The summed E-state index contributed by atoms with van der Waals surface area (Å²) in [5.41, 5.74) is 7.62. The molecule has 10 aromatic rings. The smallest absolute Gasteiger partial charge is 0.235 e. The normalized spacial score (nSPS) is 11.9. The van der Waals surface area contributed by atoms with Crippen molar-refractivity contribution in [3.8, 4) is 28.3 Å². The third-order valence-corrected chi connectivity index (χ3v) is 10.4. The first-order valence-electron chi connectivity index (χ1n) is 15.5. The second kappa shape index (κ2) is 9.83. The van der Waals surface area contributed by atoms with Crippen LogP contribution in [0.3, 0.4) is 0 Å². The molecule has 0 radical (unpaired) electrons. The number of rotatable bonds is 3. The van der Waals surface area contributed by atoms with Crippen LogP contribution in [-0.2, 0) is 0 Å². The van der Waals surface area contributed by atoms with Gasteiger partial charge in [-0.25, -0.2) is 9.97 Å². The van der Waals surface area contributed by atoms with Gasteiger partial charge in [-0.2, -0.15) is 0 Å². The van der Waals surface area contributed by atoms with Crippen LogP contribution in [0.1, 0.15) is 0 Å². The van der Waals surface area contributed by atoms with Crippen LogP contribution in [0, 0.1) is 0 Å². The minimum Gasteiger partial charge on any atom is -0.278 e. The fourth-order valence-electron chi connectivity index (χ4n) is 7.07. The summed E-state index contributed by atoms with van der Waals surface area (Å²) in [5.74, 6) is 0.682. The van der Waals surface area contributed by atoms with E-state index in [1.165, 1.54) is 48.1 Å². The van der Waals surface area contributed by atoms with E-state index in [0.717, 1.165) is 37.9 Å². The van der Waals surface area contributed by atoms with Crippen molar-refractivity contribution in [2.45, 2.75) is 0 Å². The maximum atomic E-state index is 5.42. The molecule has 0 amide bonds. The van der Waals surface area contributed by atoms with Crippen LogP contribution in [0.5, 0.6) is 0 Å². The molecule has 7 aromatic carbocycles. The predicted molar refractivity (Wildman–Crippen MR) is 195 cm³/mol. The maximum absolute atomic E-state index is 5.42. The summed E-state index contributed by atoms with van der Waals surface area (Å²) in [4.78, 5) is 10.8. The number of hydrogen-bond acceptors (Lipinski definition) is 3. The van der Waals surface area contributed by atoms with E-state index >= 15 is 0 Å². The molecule has 0 bridgehead atoms. The zero-order valence-electron chi connectivity index (χ0n) is 24.7. The summed E-state index contributed by atoms with van der Waals surface area (Å²) < 4.78 is 4.62. The van der Waals surface area contributed by atoms with Gasteiger partial charge in [0.2, 0.25) is 5.95 Å². The number of aromatic nitrogens is 3. The standard InChI is InChI=1S/C42H25N3S/c1-3-11-26(12-4-1)30-21-23-35-34(25-30)37-31-17-9-7-13-27(31)20-24-36(37)45(35)42-43-38(29-15-5-2-6-16-29)41-39(44-42)33-22-19-28-14-8-10-18-32(28)40(33)46-41/h1-25H. The molecule has 0 N–H and O–H groups in total. The summed E-state index contributed by atoms with van der Waals surface area (Å²) in [7, 11) is 0. The van der Waals surface area contributed by atoms with Gasteiger partial charge in [0, 0.05) is 26.4 Å². The Kier molecular flexibility index (Phi) is 5.45. The summed E-state index contributed by atoms with van der Waals surface area (Å²) in [6.07, 6.45) is 0. The highest BCUT2D eigenvalue weighted by Gasteiger charge is 2.22. The van der Waals surface area contributed by atoms with Crippen molar-refractivity contribution in [2.24, 2.45) is 0 Å². The Bertz CT molecular complexity index is 2790. The molecule has 214 valence electrons. The van der Waals surface area contributed by atoms with Crippen LogP contribution in [0.2, 0.25) is 0 Å². The lowest BCUT2D eigenvalue weighted by Crippen LogP contribution is -2.02. The zero-order chi connectivity index (χ0) is 30.2. The molecule has 0 aliphatic rings. The van der Waals surface area contributed by atoms with Gasteiger partial charge in [-0.15, -0.1) is 11.3 Å². The molecule has 10 rings (SSSR count). The average molecular weight is 604 g/mol. The molecule has 0 atom stereocenters. The topological polar surface area (TPSA) is 30.7 Å². The summed E-state index contributed by atoms with van der Waals surface area (Å²) in [6.45, 7) is 0. The average Bonchev–Trinajstić information content (AvgIpc) is 3.68. The highest BCUT2D eigenvalue weighted by atomic mass is 32.1. The highest BCUT2D eigenvalue weighted by molar-refractivity contribution is 7.27. The zero-order valence-corrected chi connectivity index (χ0v) is 25.5. The van der Waals surface area contributed by atoms with Gasteiger partial charge in [-0.1, -0.05) is 133 Å². The lowest BCUT2D eigenvalue weighted by atomic mass is 10.0. The Morgan fingerprint density at radius 3 is 1.89 bits per heavy atom. The van der Waals surface area contributed by atoms with E-state index in [-0.39, 0.29) is 0 Å². The van der Waals surface area contributed by atoms with Gasteiger partial charge in [0.15, 0.2) is 0 Å². The van der Waals surface area contributed by atoms with E-state index in [9.17, 15) is 0 Å². The molecule has 0 saturated carbocycles. The Morgan fingerprint density at radius 2 is 1.09 bits per heavy atom. The first kappa shape index (κ1) is 25.5. The number of thiophene rings is 1. The fourth-order valence-corrected chi connectivity index (χ4v) is 8.35. The van der Waals surface area contributed by atoms with Crippen molar-refractivity contribution in [3.05, 3.63) is 152 Å². The van der Waals surface area contributed by atoms with E-state index in [2.05, 4.69) is 156 Å². The molecule has 46 heavy (non-hydrogen) atoms. The molecule has 0 aliphatic carbocycles. The van der Waals surface area contributed by atoms with Crippen molar-refractivity contribution in [3.63, 3.8) is 0 Å². The molecule has 3 heterocycles. The number of fused-ring (bicyclic) bond motifs is 10. The van der Waals surface area contributed by atoms with Crippen molar-refractivity contribution in [1.82, 2.24) is 14.5 Å². The molecule has 0 spiro atoms. The Balaban J connectivity index is 1.35. The van der Waals surface area contributed by atoms with E-state index < -0.39 is 0 Å². The van der Waals surface area contributed by atoms with Gasteiger partial charge < -0.3 is 0 Å². The summed E-state index contributed by atoms with van der Waals surface area (Å²) in [5, 5.41) is 8.51. The highest BCUT2D eigenvalue weighted by Crippen LogP contribution is 2.43. The van der Waals surface area contributed by atoms with E-state index in [4.69, 9.17) is 9.97 Å². The predicted octanol–water partition coefficient (Wildman–Crippen LogP) is 11.6. The SMILES string of the molecule is c1ccc(-c2ccc3c(c2)c2c4ccccc4ccc2n3-c2nc(-c3ccccc3)c3sc4c5ccccc5ccc4c3n2)cc1. The summed E-state index contributed by atoms with van der Waals surface area (Å²) in [6, 6.07) is 54.1. The van der Waals surface area contributed by atoms with Crippen molar-refractivity contribution in [1.29, 1.82) is 0 Å². The molecule has 4 heteroatoms.